The molecule has 1 saturated heterocycles. The maximum absolute atomic E-state index is 6.26. The SMILES string of the molecule is CCC1CCCC1(CN)N1CCN(c2ccccc2)CC1. The molecule has 2 fully saturated rings. The van der Waals surface area contributed by atoms with Crippen LogP contribution in [0.15, 0.2) is 30.3 Å². The molecular weight excluding hydrogens is 258 g/mol. The first kappa shape index (κ1) is 14.9. The fourth-order valence-corrected chi connectivity index (χ4v) is 4.57. The number of hydrogen-bond acceptors (Lipinski definition) is 3. The van der Waals surface area contributed by atoms with E-state index >= 15 is 0 Å². The minimum Gasteiger partial charge on any atom is -0.369 e. The van der Waals surface area contributed by atoms with Gasteiger partial charge in [0.15, 0.2) is 0 Å². The molecule has 1 aromatic rings. The lowest BCUT2D eigenvalue weighted by Gasteiger charge is -2.49. The molecule has 21 heavy (non-hydrogen) atoms. The highest BCUT2D eigenvalue weighted by Crippen LogP contribution is 2.42. The second-order valence-corrected chi connectivity index (χ2v) is 6.61. The highest BCUT2D eigenvalue weighted by molar-refractivity contribution is 5.46. The molecule has 3 nitrogen and oxygen atoms in total. The van der Waals surface area contributed by atoms with Crippen LogP contribution in [0.1, 0.15) is 32.6 Å². The number of hydrogen-bond donors (Lipinski definition) is 1. The molecule has 0 bridgehead atoms. The third kappa shape index (κ3) is 2.69. The van der Waals surface area contributed by atoms with Gasteiger partial charge in [-0.05, 0) is 30.9 Å². The minimum atomic E-state index is 0.289. The average molecular weight is 287 g/mol. The predicted molar refractivity (Wildman–Crippen MR) is 89.6 cm³/mol. The number of benzene rings is 1. The molecule has 3 heteroatoms. The van der Waals surface area contributed by atoms with E-state index in [9.17, 15) is 0 Å². The van der Waals surface area contributed by atoms with Gasteiger partial charge in [-0.3, -0.25) is 4.90 Å². The number of rotatable bonds is 4. The van der Waals surface area contributed by atoms with Crippen molar-refractivity contribution in [1.82, 2.24) is 4.90 Å². The fourth-order valence-electron chi connectivity index (χ4n) is 4.57. The molecule has 1 aliphatic heterocycles. The van der Waals surface area contributed by atoms with Gasteiger partial charge in [-0.2, -0.15) is 0 Å². The molecule has 2 N–H and O–H groups in total. The van der Waals surface area contributed by atoms with Crippen molar-refractivity contribution in [3.8, 4) is 0 Å². The van der Waals surface area contributed by atoms with Crippen LogP contribution in [-0.4, -0.2) is 43.2 Å². The number of nitrogens with zero attached hydrogens (tertiary/aromatic N) is 2. The quantitative estimate of drug-likeness (QED) is 0.924. The largest absolute Gasteiger partial charge is 0.369 e. The molecule has 1 saturated carbocycles. The van der Waals surface area contributed by atoms with Crippen LogP contribution in [0.4, 0.5) is 5.69 Å². The lowest BCUT2D eigenvalue weighted by Crippen LogP contribution is -2.61. The van der Waals surface area contributed by atoms with E-state index in [4.69, 9.17) is 5.73 Å². The molecule has 0 amide bonds. The van der Waals surface area contributed by atoms with Gasteiger partial charge >= 0.3 is 0 Å². The summed E-state index contributed by atoms with van der Waals surface area (Å²) in [6, 6.07) is 10.8. The Hall–Kier alpha value is -1.06. The molecule has 3 rings (SSSR count). The summed E-state index contributed by atoms with van der Waals surface area (Å²) in [5.41, 5.74) is 7.90. The Bertz CT molecular complexity index is 439. The summed E-state index contributed by atoms with van der Waals surface area (Å²) < 4.78 is 0. The summed E-state index contributed by atoms with van der Waals surface area (Å²) in [7, 11) is 0. The summed E-state index contributed by atoms with van der Waals surface area (Å²) in [6.07, 6.45) is 5.30. The van der Waals surface area contributed by atoms with E-state index in [0.29, 0.717) is 0 Å². The average Bonchev–Trinajstić information content (AvgIpc) is 3.00. The van der Waals surface area contributed by atoms with Crippen molar-refractivity contribution in [1.29, 1.82) is 0 Å². The van der Waals surface area contributed by atoms with E-state index in [1.54, 1.807) is 0 Å². The van der Waals surface area contributed by atoms with Crippen LogP contribution >= 0.6 is 0 Å². The first-order chi connectivity index (χ1) is 10.3. The maximum Gasteiger partial charge on any atom is 0.0367 e. The molecule has 2 unspecified atom stereocenters. The maximum atomic E-state index is 6.26. The van der Waals surface area contributed by atoms with E-state index in [1.807, 2.05) is 0 Å². The lowest BCUT2D eigenvalue weighted by molar-refractivity contribution is 0.0503. The smallest absolute Gasteiger partial charge is 0.0367 e. The van der Waals surface area contributed by atoms with Crippen molar-refractivity contribution in [3.05, 3.63) is 30.3 Å². The van der Waals surface area contributed by atoms with Gasteiger partial charge in [-0.15, -0.1) is 0 Å². The zero-order valence-electron chi connectivity index (χ0n) is 13.3. The first-order valence-corrected chi connectivity index (χ1v) is 8.55. The molecule has 2 aliphatic rings. The Morgan fingerprint density at radius 3 is 2.48 bits per heavy atom. The molecule has 0 radical (unpaired) electrons. The summed E-state index contributed by atoms with van der Waals surface area (Å²) in [5.74, 6) is 0.797. The Labute approximate surface area is 129 Å². The highest BCUT2D eigenvalue weighted by atomic mass is 15.3. The second-order valence-electron chi connectivity index (χ2n) is 6.61. The lowest BCUT2D eigenvalue weighted by atomic mass is 9.83. The fraction of sp³-hybridized carbons (Fsp3) is 0.667. The minimum absolute atomic E-state index is 0.289. The number of nitrogens with two attached hydrogens (primary N) is 1. The van der Waals surface area contributed by atoms with Crippen molar-refractivity contribution in [3.63, 3.8) is 0 Å². The van der Waals surface area contributed by atoms with Crippen molar-refractivity contribution < 1.29 is 0 Å². The Morgan fingerprint density at radius 1 is 1.14 bits per heavy atom. The van der Waals surface area contributed by atoms with Crippen LogP contribution in [-0.2, 0) is 0 Å². The van der Waals surface area contributed by atoms with Crippen molar-refractivity contribution in [2.24, 2.45) is 11.7 Å². The van der Waals surface area contributed by atoms with Gasteiger partial charge in [-0.25, -0.2) is 0 Å². The summed E-state index contributed by atoms with van der Waals surface area (Å²) in [5, 5.41) is 0. The zero-order chi connectivity index (χ0) is 14.7. The molecule has 1 heterocycles. The van der Waals surface area contributed by atoms with Gasteiger partial charge in [0.2, 0.25) is 0 Å². The van der Waals surface area contributed by atoms with E-state index in [0.717, 1.165) is 38.6 Å². The third-order valence-corrected chi connectivity index (χ3v) is 5.80. The summed E-state index contributed by atoms with van der Waals surface area (Å²) in [4.78, 5) is 5.23. The van der Waals surface area contributed by atoms with Gasteiger partial charge in [0.1, 0.15) is 0 Å². The molecule has 1 aromatic carbocycles. The van der Waals surface area contributed by atoms with E-state index in [2.05, 4.69) is 47.1 Å². The Kier molecular flexibility index (Phi) is 4.51. The second kappa shape index (κ2) is 6.37. The monoisotopic (exact) mass is 287 g/mol. The molecule has 0 aromatic heterocycles. The standard InChI is InChI=1S/C18H29N3/c1-2-16-7-6-10-18(16,15-19)21-13-11-20(12-14-21)17-8-4-3-5-9-17/h3-5,8-9,16H,2,6-7,10-15,19H2,1H3. The molecule has 1 aliphatic carbocycles. The molecule has 2 atom stereocenters. The molecule has 0 spiro atoms. The van der Waals surface area contributed by atoms with Crippen LogP contribution in [0.25, 0.3) is 0 Å². The third-order valence-electron chi connectivity index (χ3n) is 5.80. The topological polar surface area (TPSA) is 32.5 Å². The number of para-hydroxylation sites is 1. The van der Waals surface area contributed by atoms with E-state index in [1.165, 1.54) is 31.4 Å². The van der Waals surface area contributed by atoms with E-state index < -0.39 is 0 Å². The Morgan fingerprint density at radius 2 is 1.86 bits per heavy atom. The predicted octanol–water partition coefficient (Wildman–Crippen LogP) is 2.72. The highest BCUT2D eigenvalue weighted by Gasteiger charge is 2.45. The Balaban J connectivity index is 1.67. The van der Waals surface area contributed by atoms with Crippen molar-refractivity contribution in [2.45, 2.75) is 38.1 Å². The van der Waals surface area contributed by atoms with Gasteiger partial charge < -0.3 is 10.6 Å². The normalized spacial score (nSPS) is 30.8. The number of anilines is 1. The molecule has 116 valence electrons. The van der Waals surface area contributed by atoms with Gasteiger partial charge in [0, 0.05) is 44.0 Å². The van der Waals surface area contributed by atoms with Gasteiger partial charge in [0.05, 0.1) is 0 Å². The molecular formula is C18H29N3. The van der Waals surface area contributed by atoms with Crippen LogP contribution in [0.3, 0.4) is 0 Å². The van der Waals surface area contributed by atoms with Gasteiger partial charge in [0.25, 0.3) is 0 Å². The van der Waals surface area contributed by atoms with Crippen LogP contribution in [0, 0.1) is 5.92 Å². The summed E-state index contributed by atoms with van der Waals surface area (Å²) in [6.45, 7) is 7.73. The van der Waals surface area contributed by atoms with Crippen LogP contribution in [0.5, 0.6) is 0 Å². The van der Waals surface area contributed by atoms with Crippen molar-refractivity contribution in [2.75, 3.05) is 37.6 Å². The van der Waals surface area contributed by atoms with Crippen LogP contribution in [0.2, 0.25) is 0 Å². The first-order valence-electron chi connectivity index (χ1n) is 8.55. The zero-order valence-corrected chi connectivity index (χ0v) is 13.3. The van der Waals surface area contributed by atoms with Crippen molar-refractivity contribution >= 4 is 5.69 Å². The van der Waals surface area contributed by atoms with E-state index in [-0.39, 0.29) is 5.54 Å². The number of piperazine rings is 1. The summed E-state index contributed by atoms with van der Waals surface area (Å²) >= 11 is 0. The van der Waals surface area contributed by atoms with Gasteiger partial charge in [-0.1, -0.05) is 38.0 Å². The van der Waals surface area contributed by atoms with Crippen LogP contribution < -0.4 is 10.6 Å².